The number of halogens is 2. The Balaban J connectivity index is 1.58. The molecule has 228 valence electrons. The second-order valence-electron chi connectivity index (χ2n) is 10.4. The smallest absolute Gasteiger partial charge is 0.280 e. The first kappa shape index (κ1) is 29.8. The molecule has 1 atom stereocenters. The number of aryl methyl sites for hydroxylation is 1. The molecule has 1 N–H and O–H groups in total. The molecule has 0 saturated heterocycles. The minimum atomic E-state index is -1.46. The van der Waals surface area contributed by atoms with E-state index in [1.807, 2.05) is 0 Å². The van der Waals surface area contributed by atoms with Gasteiger partial charge in [0.2, 0.25) is 0 Å². The number of benzene rings is 3. The largest absolute Gasteiger partial charge is 0.455 e. The number of amides is 1. The van der Waals surface area contributed by atoms with Gasteiger partial charge in [-0.15, -0.1) is 0 Å². The second kappa shape index (κ2) is 11.7. The third kappa shape index (κ3) is 5.48. The number of carbonyl (C=O) groups excluding carboxylic acids is 1. The van der Waals surface area contributed by atoms with Crippen LogP contribution >= 0.6 is 0 Å². The van der Waals surface area contributed by atoms with Crippen LogP contribution in [0.1, 0.15) is 21.7 Å². The van der Waals surface area contributed by atoms with Gasteiger partial charge in [-0.25, -0.2) is 23.0 Å². The van der Waals surface area contributed by atoms with E-state index in [9.17, 15) is 22.6 Å². The van der Waals surface area contributed by atoms with E-state index >= 15 is 0 Å². The quantitative estimate of drug-likeness (QED) is 0.247. The summed E-state index contributed by atoms with van der Waals surface area (Å²) in [7, 11) is 1.68. The lowest BCUT2D eigenvalue weighted by Crippen LogP contribution is -2.25. The molecule has 1 unspecified atom stereocenters. The fourth-order valence-corrected chi connectivity index (χ4v) is 5.64. The zero-order valence-electron chi connectivity index (χ0n) is 24.7. The molecule has 0 spiro atoms. The number of hydrogen-bond donors (Lipinski definition) is 1. The molecule has 0 aliphatic heterocycles. The zero-order valence-corrected chi connectivity index (χ0v) is 25.5. The zero-order chi connectivity index (χ0) is 32.0. The van der Waals surface area contributed by atoms with E-state index in [4.69, 9.17) is 9.40 Å². The molecule has 0 fully saturated rings. The normalized spacial score (nSPS) is 12.0. The number of nitrogens with one attached hydrogen (secondary N) is 1. The van der Waals surface area contributed by atoms with Gasteiger partial charge in [0.1, 0.15) is 39.8 Å². The third-order valence-electron chi connectivity index (χ3n) is 7.62. The van der Waals surface area contributed by atoms with Crippen molar-refractivity contribution < 1.29 is 22.2 Å². The maximum Gasteiger partial charge on any atom is 0.280 e. The second-order valence-corrected chi connectivity index (χ2v) is 11.8. The van der Waals surface area contributed by atoms with Gasteiger partial charge in [0.25, 0.3) is 11.5 Å². The molecule has 1 amide bonds. The minimum absolute atomic E-state index is 0.109. The summed E-state index contributed by atoms with van der Waals surface area (Å²) in [6, 6.07) is 18.2. The first-order chi connectivity index (χ1) is 21.5. The topological polar surface area (TPSA) is 110 Å². The molecule has 0 bridgehead atoms. The molecule has 3 aromatic carbocycles. The Bertz CT molecular complexity index is 2200. The van der Waals surface area contributed by atoms with Crippen molar-refractivity contribution in [2.45, 2.75) is 13.5 Å². The van der Waals surface area contributed by atoms with Crippen molar-refractivity contribution in [3.05, 3.63) is 112 Å². The maximum absolute atomic E-state index is 13.7. The van der Waals surface area contributed by atoms with Gasteiger partial charge < -0.3 is 9.73 Å². The lowest BCUT2D eigenvalue weighted by Gasteiger charge is -2.20. The van der Waals surface area contributed by atoms with E-state index in [-0.39, 0.29) is 34.8 Å². The van der Waals surface area contributed by atoms with Gasteiger partial charge in [0.15, 0.2) is 5.52 Å². The third-order valence-corrected chi connectivity index (χ3v) is 8.58. The maximum atomic E-state index is 13.7. The number of aromatic nitrogens is 3. The van der Waals surface area contributed by atoms with E-state index in [0.29, 0.717) is 44.8 Å². The Morgan fingerprint density at radius 3 is 2.31 bits per heavy atom. The molecule has 0 aliphatic rings. The van der Waals surface area contributed by atoms with Gasteiger partial charge in [-0.3, -0.25) is 18.5 Å². The van der Waals surface area contributed by atoms with E-state index in [2.05, 4.69) is 10.3 Å². The van der Waals surface area contributed by atoms with E-state index in [0.717, 1.165) is 5.56 Å². The molecule has 6 aromatic rings. The number of nitrogens with zero attached hydrogens (tertiary/aromatic N) is 4. The standard InChI is InChI=1S/C33H27F2N5O4S/c1-18-37-26-14-13-25(38-30(26)33(42)40(18)17-19-5-9-21(34)10-6-19)23-15-24-28(16-27(23)39(3)45(4)43)44-31(29(24)32(41)36-2)20-7-11-22(35)12-8-20/h5-16H,17H2,1-4H3,(H,36,41). The molecule has 0 saturated carbocycles. The first-order valence-electron chi connectivity index (χ1n) is 13.8. The summed E-state index contributed by atoms with van der Waals surface area (Å²) in [5.74, 6) is -0.525. The van der Waals surface area contributed by atoms with Crippen LogP contribution in [0.5, 0.6) is 0 Å². The van der Waals surface area contributed by atoms with Crippen molar-refractivity contribution >= 4 is 44.6 Å². The molecule has 3 aromatic heterocycles. The lowest BCUT2D eigenvalue weighted by molar-refractivity contribution is 0.0964. The van der Waals surface area contributed by atoms with Crippen molar-refractivity contribution in [2.75, 3.05) is 24.7 Å². The monoisotopic (exact) mass is 627 g/mol. The van der Waals surface area contributed by atoms with Crippen molar-refractivity contribution in [1.29, 1.82) is 0 Å². The fourth-order valence-electron chi connectivity index (χ4n) is 5.21. The van der Waals surface area contributed by atoms with Crippen LogP contribution < -0.4 is 15.2 Å². The van der Waals surface area contributed by atoms with Crippen LogP contribution in [0.15, 0.2) is 82.0 Å². The number of fused-ring (bicyclic) bond motifs is 2. The summed E-state index contributed by atoms with van der Waals surface area (Å²) in [6.07, 6.45) is 1.52. The highest BCUT2D eigenvalue weighted by molar-refractivity contribution is 7.85. The van der Waals surface area contributed by atoms with Crippen LogP contribution in [-0.2, 0) is 17.5 Å². The Labute approximate surface area is 258 Å². The van der Waals surface area contributed by atoms with Crippen LogP contribution in [0.25, 0.3) is 44.6 Å². The van der Waals surface area contributed by atoms with Gasteiger partial charge in [0, 0.05) is 42.9 Å². The van der Waals surface area contributed by atoms with Crippen LogP contribution in [0.3, 0.4) is 0 Å². The average Bonchev–Trinajstić information content (AvgIpc) is 3.41. The molecule has 3 heterocycles. The molecule has 12 heteroatoms. The number of hydrogen-bond acceptors (Lipinski definition) is 6. The Morgan fingerprint density at radius 1 is 1.00 bits per heavy atom. The van der Waals surface area contributed by atoms with Crippen molar-refractivity contribution in [1.82, 2.24) is 19.9 Å². The molecular weight excluding hydrogens is 600 g/mol. The molecule has 0 aliphatic carbocycles. The highest BCUT2D eigenvalue weighted by atomic mass is 32.2. The van der Waals surface area contributed by atoms with Crippen LogP contribution in [0.2, 0.25) is 0 Å². The molecule has 0 radical (unpaired) electrons. The van der Waals surface area contributed by atoms with Gasteiger partial charge in [-0.05, 0) is 67.1 Å². The van der Waals surface area contributed by atoms with Crippen molar-refractivity contribution in [3.63, 3.8) is 0 Å². The van der Waals surface area contributed by atoms with Crippen molar-refractivity contribution in [2.24, 2.45) is 0 Å². The van der Waals surface area contributed by atoms with E-state index in [1.165, 1.54) is 58.6 Å². The molecular formula is C33H27F2N5O4S. The van der Waals surface area contributed by atoms with E-state index in [1.54, 1.807) is 50.4 Å². The summed E-state index contributed by atoms with van der Waals surface area (Å²) >= 11 is 0. The number of anilines is 1. The van der Waals surface area contributed by atoms with Gasteiger partial charge in [-0.1, -0.05) is 12.1 Å². The predicted molar refractivity (Wildman–Crippen MR) is 170 cm³/mol. The average molecular weight is 628 g/mol. The summed E-state index contributed by atoms with van der Waals surface area (Å²) < 4.78 is 49.0. The fraction of sp³-hybridized carbons (Fsp3) is 0.152. The highest BCUT2D eigenvalue weighted by Crippen LogP contribution is 2.40. The van der Waals surface area contributed by atoms with Crippen LogP contribution in [0, 0.1) is 18.6 Å². The van der Waals surface area contributed by atoms with E-state index < -0.39 is 22.7 Å². The SMILES string of the molecule is CNC(=O)c1c(-c2ccc(F)cc2)oc2cc(N(C)S(C)=O)c(-c3ccc4nc(C)n(Cc5ccc(F)cc5)c(=O)c4n3)cc12. The summed E-state index contributed by atoms with van der Waals surface area (Å²) in [5, 5.41) is 3.09. The first-order valence-corrected chi connectivity index (χ1v) is 15.4. The molecule has 9 nitrogen and oxygen atoms in total. The Kier molecular flexibility index (Phi) is 7.75. The van der Waals surface area contributed by atoms with Gasteiger partial charge >= 0.3 is 0 Å². The van der Waals surface area contributed by atoms with Crippen LogP contribution in [-0.4, -0.2) is 45.0 Å². The number of rotatable bonds is 7. The lowest BCUT2D eigenvalue weighted by atomic mass is 10.0. The Hall–Kier alpha value is -5.23. The number of carbonyl (C=O) groups is 1. The minimum Gasteiger partial charge on any atom is -0.455 e. The summed E-state index contributed by atoms with van der Waals surface area (Å²) in [6.45, 7) is 1.89. The predicted octanol–water partition coefficient (Wildman–Crippen LogP) is 5.60. The Morgan fingerprint density at radius 2 is 1.67 bits per heavy atom. The highest BCUT2D eigenvalue weighted by Gasteiger charge is 2.25. The van der Waals surface area contributed by atoms with Crippen LogP contribution in [0.4, 0.5) is 14.5 Å². The summed E-state index contributed by atoms with van der Waals surface area (Å²) in [4.78, 5) is 36.2. The summed E-state index contributed by atoms with van der Waals surface area (Å²) in [5.41, 5.74) is 3.24. The van der Waals surface area contributed by atoms with Gasteiger partial charge in [-0.2, -0.15) is 0 Å². The number of pyridine rings is 1. The number of furan rings is 1. The molecule has 45 heavy (non-hydrogen) atoms. The van der Waals surface area contributed by atoms with Gasteiger partial charge in [0.05, 0.1) is 29.0 Å². The van der Waals surface area contributed by atoms with Crippen molar-refractivity contribution in [3.8, 4) is 22.6 Å². The molecule has 6 rings (SSSR count).